The Balaban J connectivity index is 1.26. The Kier molecular flexibility index (Phi) is 6.09. The normalized spacial score (nSPS) is 16.8. The molecule has 1 saturated carbocycles. The molecule has 1 saturated heterocycles. The molecule has 1 aliphatic carbocycles. The van der Waals surface area contributed by atoms with Gasteiger partial charge in [-0.25, -0.2) is 29.3 Å². The van der Waals surface area contributed by atoms with Gasteiger partial charge in [-0.3, -0.25) is 9.69 Å². The van der Waals surface area contributed by atoms with Crippen molar-refractivity contribution >= 4 is 28.6 Å². The Labute approximate surface area is 213 Å². The Hall–Kier alpha value is -3.83. The van der Waals surface area contributed by atoms with E-state index in [9.17, 15) is 9.18 Å². The molecule has 0 aromatic carbocycles. The molecule has 1 aliphatic heterocycles. The van der Waals surface area contributed by atoms with Crippen LogP contribution >= 0.6 is 0 Å². The quantitative estimate of drug-likeness (QED) is 0.381. The molecule has 0 spiro atoms. The van der Waals surface area contributed by atoms with E-state index in [4.69, 9.17) is 0 Å². The maximum Gasteiger partial charge on any atom is 0.229 e. The van der Waals surface area contributed by atoms with Crippen molar-refractivity contribution in [3.63, 3.8) is 0 Å². The van der Waals surface area contributed by atoms with Crippen LogP contribution in [0.4, 0.5) is 16.2 Å². The molecule has 4 aromatic rings. The molecule has 5 heterocycles. The maximum absolute atomic E-state index is 14.9. The summed E-state index contributed by atoms with van der Waals surface area (Å²) in [5.41, 5.74) is 2.65. The lowest BCUT2D eigenvalue weighted by molar-refractivity contribution is 0.100. The number of nitrogens with zero attached hydrogens (tertiary/aromatic N) is 8. The van der Waals surface area contributed by atoms with Gasteiger partial charge in [0.25, 0.3) is 0 Å². The number of piperazine rings is 1. The molecule has 2 fully saturated rings. The molecule has 0 atom stereocenters. The first-order chi connectivity index (χ1) is 18.0. The highest BCUT2D eigenvalue weighted by Gasteiger charge is 2.30. The van der Waals surface area contributed by atoms with E-state index in [-0.39, 0.29) is 23.5 Å². The van der Waals surface area contributed by atoms with E-state index < -0.39 is 5.82 Å². The van der Waals surface area contributed by atoms with Crippen molar-refractivity contribution in [1.82, 2.24) is 39.3 Å². The van der Waals surface area contributed by atoms with E-state index in [0.717, 1.165) is 57.3 Å². The summed E-state index contributed by atoms with van der Waals surface area (Å²) in [6.07, 6.45) is 6.31. The second-order valence-corrected chi connectivity index (χ2v) is 9.79. The summed E-state index contributed by atoms with van der Waals surface area (Å²) >= 11 is 0. The molecular weight excluding hydrogens is 473 g/mol. The Bertz CT molecular complexity index is 1460. The fourth-order valence-corrected chi connectivity index (χ4v) is 4.76. The molecule has 2 aliphatic rings. The van der Waals surface area contributed by atoms with Crippen LogP contribution in [0.5, 0.6) is 0 Å². The summed E-state index contributed by atoms with van der Waals surface area (Å²) in [6, 6.07) is 5.86. The van der Waals surface area contributed by atoms with Crippen LogP contribution in [-0.2, 0) is 6.54 Å². The molecule has 37 heavy (non-hydrogen) atoms. The number of aromatic nitrogens is 6. The zero-order valence-corrected chi connectivity index (χ0v) is 20.9. The van der Waals surface area contributed by atoms with Crippen molar-refractivity contribution in [3.05, 3.63) is 54.0 Å². The topological polar surface area (TPSA) is 105 Å². The highest BCUT2D eigenvalue weighted by molar-refractivity contribution is 6.01. The van der Waals surface area contributed by atoms with Crippen LogP contribution in [0.15, 0.2) is 36.9 Å². The molecule has 0 bridgehead atoms. The summed E-state index contributed by atoms with van der Waals surface area (Å²) in [7, 11) is 2.14. The number of fused-ring (bicyclic) bond motifs is 1. The fourth-order valence-electron chi connectivity index (χ4n) is 4.76. The summed E-state index contributed by atoms with van der Waals surface area (Å²) in [6.45, 7) is 6.59. The van der Waals surface area contributed by atoms with Gasteiger partial charge in [0.2, 0.25) is 5.95 Å². The van der Waals surface area contributed by atoms with Crippen molar-refractivity contribution in [1.29, 1.82) is 0 Å². The average Bonchev–Trinajstić information content (AvgIpc) is 3.66. The van der Waals surface area contributed by atoms with Crippen LogP contribution in [0, 0.1) is 5.82 Å². The lowest BCUT2D eigenvalue weighted by atomic mass is 10.2. The van der Waals surface area contributed by atoms with Crippen LogP contribution in [0.3, 0.4) is 0 Å². The standard InChI is InChI=1S/C26H28FN9O/c1-16(37)21-11-19-23(30-15-31-25(19)36(21)18-4-5-18)24-20(27)13-29-26(33-24)32-22-6-3-17(12-28-22)14-35-9-7-34(2)8-10-35/h3,6,11-13,15,18H,4-5,7-10,14H2,1-2H3,(H,28,29,32,33). The SMILES string of the molecule is CC(=O)c1cc2c(-c3nc(Nc4ccc(CN5CCN(C)CC5)cn4)ncc3F)ncnc2n1C1CC1. The third-order valence-corrected chi connectivity index (χ3v) is 6.94. The number of nitrogens with one attached hydrogen (secondary N) is 1. The number of carbonyl (C=O) groups excluding carboxylic acids is 1. The minimum Gasteiger partial charge on any atom is -0.320 e. The molecule has 1 N–H and O–H groups in total. The second kappa shape index (κ2) is 9.56. The van der Waals surface area contributed by atoms with Gasteiger partial charge in [0, 0.05) is 57.3 Å². The minimum absolute atomic E-state index is 0.0413. The first kappa shape index (κ1) is 23.6. The summed E-state index contributed by atoms with van der Waals surface area (Å²) in [4.78, 5) is 38.8. The minimum atomic E-state index is -0.607. The number of pyridine rings is 1. The van der Waals surface area contributed by atoms with Crippen molar-refractivity contribution in [2.75, 3.05) is 38.5 Å². The summed E-state index contributed by atoms with van der Waals surface area (Å²) < 4.78 is 16.9. The highest BCUT2D eigenvalue weighted by Crippen LogP contribution is 2.40. The lowest BCUT2D eigenvalue weighted by Gasteiger charge is -2.32. The molecule has 0 unspecified atom stereocenters. The molecule has 0 radical (unpaired) electrons. The smallest absolute Gasteiger partial charge is 0.229 e. The first-order valence-electron chi connectivity index (χ1n) is 12.5. The molecule has 10 nitrogen and oxygen atoms in total. The predicted octanol–water partition coefficient (Wildman–Crippen LogP) is 3.45. The van der Waals surface area contributed by atoms with Gasteiger partial charge in [0.1, 0.15) is 29.2 Å². The van der Waals surface area contributed by atoms with E-state index in [1.165, 1.54) is 13.3 Å². The largest absolute Gasteiger partial charge is 0.320 e. The van der Waals surface area contributed by atoms with Gasteiger partial charge in [-0.05, 0) is 37.6 Å². The van der Waals surface area contributed by atoms with Gasteiger partial charge in [-0.2, -0.15) is 0 Å². The van der Waals surface area contributed by atoms with Crippen molar-refractivity contribution in [2.24, 2.45) is 0 Å². The van der Waals surface area contributed by atoms with Gasteiger partial charge in [-0.15, -0.1) is 0 Å². The molecule has 0 amide bonds. The zero-order chi connectivity index (χ0) is 25.5. The van der Waals surface area contributed by atoms with Crippen LogP contribution < -0.4 is 5.32 Å². The number of Topliss-reactive ketones (excluding diaryl/α,β-unsaturated/α-hetero) is 1. The third kappa shape index (κ3) is 4.79. The zero-order valence-electron chi connectivity index (χ0n) is 20.9. The number of anilines is 2. The Morgan fingerprint density at radius 1 is 1.05 bits per heavy atom. The van der Waals surface area contributed by atoms with Gasteiger partial charge in [0.05, 0.1) is 11.9 Å². The van der Waals surface area contributed by atoms with Crippen LogP contribution in [0.25, 0.3) is 22.4 Å². The second-order valence-electron chi connectivity index (χ2n) is 9.79. The van der Waals surface area contributed by atoms with E-state index >= 15 is 0 Å². The van der Waals surface area contributed by atoms with E-state index in [0.29, 0.717) is 28.2 Å². The Morgan fingerprint density at radius 2 is 1.86 bits per heavy atom. The molecule has 6 rings (SSSR count). The number of hydrogen-bond donors (Lipinski definition) is 1. The predicted molar refractivity (Wildman–Crippen MR) is 137 cm³/mol. The average molecular weight is 502 g/mol. The van der Waals surface area contributed by atoms with E-state index in [1.807, 2.05) is 22.9 Å². The molecule has 4 aromatic heterocycles. The van der Waals surface area contributed by atoms with E-state index in [2.05, 4.69) is 47.1 Å². The molecular formula is C26H28FN9O. The summed E-state index contributed by atoms with van der Waals surface area (Å²) in [5.74, 6) is 0.0928. The monoisotopic (exact) mass is 501 g/mol. The van der Waals surface area contributed by atoms with Gasteiger partial charge >= 0.3 is 0 Å². The van der Waals surface area contributed by atoms with Crippen molar-refractivity contribution in [3.8, 4) is 11.4 Å². The van der Waals surface area contributed by atoms with Crippen molar-refractivity contribution in [2.45, 2.75) is 32.4 Å². The summed E-state index contributed by atoms with van der Waals surface area (Å²) in [5, 5.41) is 3.66. The van der Waals surface area contributed by atoms with Crippen LogP contribution in [0.2, 0.25) is 0 Å². The molecule has 11 heteroatoms. The van der Waals surface area contributed by atoms with E-state index in [1.54, 1.807) is 6.07 Å². The number of carbonyl (C=O) groups is 1. The Morgan fingerprint density at radius 3 is 2.57 bits per heavy atom. The number of likely N-dealkylation sites (N-methyl/N-ethyl adjacent to an activating group) is 1. The van der Waals surface area contributed by atoms with Crippen LogP contribution in [0.1, 0.15) is 41.9 Å². The van der Waals surface area contributed by atoms with Crippen molar-refractivity contribution < 1.29 is 9.18 Å². The maximum atomic E-state index is 14.9. The number of ketones is 1. The fraction of sp³-hybridized carbons (Fsp3) is 0.385. The van der Waals surface area contributed by atoms with Gasteiger partial charge in [-0.1, -0.05) is 6.07 Å². The number of hydrogen-bond acceptors (Lipinski definition) is 9. The number of rotatable bonds is 7. The molecule has 190 valence electrons. The first-order valence-corrected chi connectivity index (χ1v) is 12.5. The lowest BCUT2D eigenvalue weighted by Crippen LogP contribution is -2.43. The van der Waals surface area contributed by atoms with Gasteiger partial charge < -0.3 is 14.8 Å². The van der Waals surface area contributed by atoms with Crippen LogP contribution in [-0.4, -0.2) is 78.3 Å². The third-order valence-electron chi connectivity index (χ3n) is 6.94. The van der Waals surface area contributed by atoms with Gasteiger partial charge in [0.15, 0.2) is 11.6 Å². The highest BCUT2D eigenvalue weighted by atomic mass is 19.1. The number of halogens is 1.